The van der Waals surface area contributed by atoms with Crippen LogP contribution in [0.1, 0.15) is 17.3 Å². The zero-order chi connectivity index (χ0) is 23.5. The normalized spacial score (nSPS) is 11.7. The van der Waals surface area contributed by atoms with Crippen LogP contribution in [0.25, 0.3) is 55.2 Å². The Labute approximate surface area is 201 Å². The Bertz CT molecular complexity index is 1890. The molecule has 3 aromatic heterocycles. The first-order valence-corrected chi connectivity index (χ1v) is 11.7. The SMILES string of the molecule is CC(=O)c1ccc2c(c1)c1ccccc1n2-c1cccc(-n2c3ccccc3c3ccccc32)n1. The molecule has 0 bridgehead atoms. The lowest BCUT2D eigenvalue weighted by Gasteiger charge is -2.11. The van der Waals surface area contributed by atoms with Crippen LogP contribution >= 0.6 is 0 Å². The van der Waals surface area contributed by atoms with Crippen molar-refractivity contribution in [2.24, 2.45) is 0 Å². The van der Waals surface area contributed by atoms with Crippen LogP contribution in [0, 0.1) is 0 Å². The fourth-order valence-corrected chi connectivity index (χ4v) is 5.27. The first kappa shape index (κ1) is 19.7. The smallest absolute Gasteiger partial charge is 0.159 e. The van der Waals surface area contributed by atoms with Gasteiger partial charge in [0.2, 0.25) is 0 Å². The van der Waals surface area contributed by atoms with Gasteiger partial charge >= 0.3 is 0 Å². The van der Waals surface area contributed by atoms with Gasteiger partial charge < -0.3 is 0 Å². The maximum Gasteiger partial charge on any atom is 0.159 e. The second-order valence-electron chi connectivity index (χ2n) is 8.86. The summed E-state index contributed by atoms with van der Waals surface area (Å²) in [6.07, 6.45) is 0. The summed E-state index contributed by atoms with van der Waals surface area (Å²) < 4.78 is 4.42. The molecular formula is C31H21N3O. The molecule has 35 heavy (non-hydrogen) atoms. The van der Waals surface area contributed by atoms with Crippen LogP contribution in [0.3, 0.4) is 0 Å². The van der Waals surface area contributed by atoms with Gasteiger partial charge in [0.1, 0.15) is 11.6 Å². The standard InChI is InChI=1S/C31H21N3O/c1-20(35)21-17-18-29-25(19-21)24-11-4-7-14-28(24)34(29)31-16-8-15-30(32-31)33-26-12-5-2-9-22(26)23-10-3-6-13-27(23)33/h2-19H,1H3. The average Bonchev–Trinajstić information content (AvgIpc) is 3.41. The van der Waals surface area contributed by atoms with Crippen molar-refractivity contribution in [3.8, 4) is 11.6 Å². The third kappa shape index (κ3) is 2.87. The first-order chi connectivity index (χ1) is 17.2. The number of ketones is 1. The number of aromatic nitrogens is 3. The zero-order valence-electron chi connectivity index (χ0n) is 19.1. The lowest BCUT2D eigenvalue weighted by molar-refractivity contribution is 0.101. The molecule has 0 spiro atoms. The molecule has 0 saturated heterocycles. The molecule has 4 heteroatoms. The van der Waals surface area contributed by atoms with E-state index in [0.29, 0.717) is 5.56 Å². The Morgan fingerprint density at radius 2 is 1.00 bits per heavy atom. The number of para-hydroxylation sites is 3. The van der Waals surface area contributed by atoms with Gasteiger partial charge in [-0.3, -0.25) is 13.9 Å². The van der Waals surface area contributed by atoms with Crippen LogP contribution in [-0.2, 0) is 0 Å². The van der Waals surface area contributed by atoms with Crippen LogP contribution in [0.15, 0.2) is 109 Å². The maximum absolute atomic E-state index is 12.1. The molecule has 0 fully saturated rings. The Morgan fingerprint density at radius 1 is 0.543 bits per heavy atom. The van der Waals surface area contributed by atoms with Gasteiger partial charge in [0.25, 0.3) is 0 Å². The minimum Gasteiger partial charge on any atom is -0.295 e. The van der Waals surface area contributed by atoms with E-state index in [-0.39, 0.29) is 5.78 Å². The number of pyridine rings is 1. The number of carbonyl (C=O) groups excluding carboxylic acids is 1. The van der Waals surface area contributed by atoms with E-state index in [1.807, 2.05) is 36.4 Å². The molecule has 0 unspecified atom stereocenters. The van der Waals surface area contributed by atoms with E-state index in [2.05, 4.69) is 81.9 Å². The largest absolute Gasteiger partial charge is 0.295 e. The number of benzene rings is 4. The molecule has 0 aliphatic heterocycles. The van der Waals surface area contributed by atoms with Crippen molar-refractivity contribution in [1.29, 1.82) is 0 Å². The summed E-state index contributed by atoms with van der Waals surface area (Å²) in [5, 5.41) is 4.58. The molecule has 0 aliphatic rings. The first-order valence-electron chi connectivity index (χ1n) is 11.7. The molecule has 7 aromatic rings. The molecule has 0 atom stereocenters. The number of hydrogen-bond donors (Lipinski definition) is 0. The van der Waals surface area contributed by atoms with E-state index < -0.39 is 0 Å². The van der Waals surface area contributed by atoms with Gasteiger partial charge in [-0.25, -0.2) is 4.98 Å². The number of rotatable bonds is 3. The Morgan fingerprint density at radius 3 is 1.51 bits per heavy atom. The molecule has 4 aromatic carbocycles. The van der Waals surface area contributed by atoms with Crippen LogP contribution in [0.4, 0.5) is 0 Å². The van der Waals surface area contributed by atoms with Crippen LogP contribution in [-0.4, -0.2) is 19.9 Å². The van der Waals surface area contributed by atoms with E-state index >= 15 is 0 Å². The summed E-state index contributed by atoms with van der Waals surface area (Å²) in [6.45, 7) is 1.61. The topological polar surface area (TPSA) is 39.8 Å². The van der Waals surface area contributed by atoms with E-state index in [9.17, 15) is 4.79 Å². The number of Topliss-reactive ketones (excluding diaryl/α,β-unsaturated/α-hetero) is 1. The van der Waals surface area contributed by atoms with E-state index in [1.54, 1.807) is 6.92 Å². The van der Waals surface area contributed by atoms with Gasteiger partial charge in [-0.1, -0.05) is 60.7 Å². The second-order valence-corrected chi connectivity index (χ2v) is 8.86. The molecule has 7 rings (SSSR count). The number of fused-ring (bicyclic) bond motifs is 6. The third-order valence-corrected chi connectivity index (χ3v) is 6.84. The highest BCUT2D eigenvalue weighted by molar-refractivity contribution is 6.12. The molecule has 0 saturated carbocycles. The summed E-state index contributed by atoms with van der Waals surface area (Å²) in [6, 6.07) is 37.3. The number of hydrogen-bond acceptors (Lipinski definition) is 2. The van der Waals surface area contributed by atoms with Crippen molar-refractivity contribution in [2.45, 2.75) is 6.92 Å². The van der Waals surface area contributed by atoms with Crippen molar-refractivity contribution in [3.05, 3.63) is 115 Å². The third-order valence-electron chi connectivity index (χ3n) is 6.84. The van der Waals surface area contributed by atoms with Crippen molar-refractivity contribution in [1.82, 2.24) is 14.1 Å². The van der Waals surface area contributed by atoms with Crippen molar-refractivity contribution in [2.75, 3.05) is 0 Å². The summed E-state index contributed by atoms with van der Waals surface area (Å²) in [4.78, 5) is 17.2. The predicted molar refractivity (Wildman–Crippen MR) is 143 cm³/mol. The Kier molecular flexibility index (Phi) is 4.18. The predicted octanol–water partition coefficient (Wildman–Crippen LogP) is 7.48. The highest BCUT2D eigenvalue weighted by Gasteiger charge is 2.16. The summed E-state index contributed by atoms with van der Waals surface area (Å²) in [5.41, 5.74) is 5.07. The summed E-state index contributed by atoms with van der Waals surface area (Å²) >= 11 is 0. The highest BCUT2D eigenvalue weighted by atomic mass is 16.1. The molecule has 0 amide bonds. The quantitative estimate of drug-likeness (QED) is 0.261. The number of nitrogens with zero attached hydrogens (tertiary/aromatic N) is 3. The summed E-state index contributed by atoms with van der Waals surface area (Å²) in [5.74, 6) is 1.77. The second kappa shape index (κ2) is 7.40. The van der Waals surface area contributed by atoms with Crippen molar-refractivity contribution < 1.29 is 4.79 Å². The number of carbonyl (C=O) groups is 1. The Balaban J connectivity index is 1.53. The fourth-order valence-electron chi connectivity index (χ4n) is 5.27. The molecule has 166 valence electrons. The average molecular weight is 452 g/mol. The van der Waals surface area contributed by atoms with Gasteiger partial charge in [0, 0.05) is 27.1 Å². The molecule has 0 N–H and O–H groups in total. The van der Waals surface area contributed by atoms with Gasteiger partial charge in [-0.15, -0.1) is 0 Å². The zero-order valence-corrected chi connectivity index (χ0v) is 19.1. The van der Waals surface area contributed by atoms with Crippen LogP contribution in [0.2, 0.25) is 0 Å². The minimum atomic E-state index is 0.0650. The van der Waals surface area contributed by atoms with Gasteiger partial charge in [0.15, 0.2) is 5.78 Å². The monoisotopic (exact) mass is 451 g/mol. The molecule has 3 heterocycles. The van der Waals surface area contributed by atoms with Gasteiger partial charge in [-0.2, -0.15) is 0 Å². The molecular weight excluding hydrogens is 430 g/mol. The minimum absolute atomic E-state index is 0.0650. The van der Waals surface area contributed by atoms with E-state index in [1.165, 1.54) is 10.8 Å². The van der Waals surface area contributed by atoms with Crippen LogP contribution < -0.4 is 0 Å². The van der Waals surface area contributed by atoms with E-state index in [0.717, 1.165) is 44.5 Å². The van der Waals surface area contributed by atoms with Gasteiger partial charge in [0.05, 0.1) is 22.1 Å². The summed E-state index contributed by atoms with van der Waals surface area (Å²) in [7, 11) is 0. The van der Waals surface area contributed by atoms with E-state index in [4.69, 9.17) is 4.98 Å². The van der Waals surface area contributed by atoms with Crippen molar-refractivity contribution >= 4 is 49.4 Å². The molecule has 0 radical (unpaired) electrons. The van der Waals surface area contributed by atoms with Crippen LogP contribution in [0.5, 0.6) is 0 Å². The van der Waals surface area contributed by atoms with Crippen molar-refractivity contribution in [3.63, 3.8) is 0 Å². The lowest BCUT2D eigenvalue weighted by atomic mass is 10.1. The molecule has 4 nitrogen and oxygen atoms in total. The maximum atomic E-state index is 12.1. The molecule has 0 aliphatic carbocycles. The van der Waals surface area contributed by atoms with Gasteiger partial charge in [-0.05, 0) is 55.5 Å². The lowest BCUT2D eigenvalue weighted by Crippen LogP contribution is -2.03. The fraction of sp³-hybridized carbons (Fsp3) is 0.0323. The Hall–Kier alpha value is -4.70. The highest BCUT2D eigenvalue weighted by Crippen LogP contribution is 2.34.